The molecule has 1 rings (SSSR count). The second-order valence-electron chi connectivity index (χ2n) is 3.97. The SMILES string of the molecule is C#CCCCNC(=O)C(C#N)Cc1ccccc1. The molecule has 0 fully saturated rings. The number of nitrogens with zero attached hydrogens (tertiary/aromatic N) is 1. The third-order valence-electron chi connectivity index (χ3n) is 2.55. The third-order valence-corrected chi connectivity index (χ3v) is 2.55. The Labute approximate surface area is 108 Å². The molecule has 0 aromatic heterocycles. The Bertz CT molecular complexity index is 454. The fraction of sp³-hybridized carbons (Fsp3) is 0.333. The lowest BCUT2D eigenvalue weighted by Gasteiger charge is -2.09. The van der Waals surface area contributed by atoms with Crippen molar-refractivity contribution in [3.05, 3.63) is 35.9 Å². The summed E-state index contributed by atoms with van der Waals surface area (Å²) in [5, 5.41) is 11.7. The van der Waals surface area contributed by atoms with Gasteiger partial charge in [-0.2, -0.15) is 5.26 Å². The summed E-state index contributed by atoms with van der Waals surface area (Å²) in [6.45, 7) is 0.524. The van der Waals surface area contributed by atoms with Crippen molar-refractivity contribution in [1.82, 2.24) is 5.32 Å². The fourth-order valence-electron chi connectivity index (χ4n) is 1.57. The van der Waals surface area contributed by atoms with Gasteiger partial charge >= 0.3 is 0 Å². The number of rotatable bonds is 6. The molecule has 1 aromatic rings. The van der Waals surface area contributed by atoms with Gasteiger partial charge in [0.15, 0.2) is 0 Å². The summed E-state index contributed by atoms with van der Waals surface area (Å²) in [5.41, 5.74) is 0.989. The first kappa shape index (κ1) is 13.8. The number of carbonyl (C=O) groups is 1. The second kappa shape index (κ2) is 7.92. The topological polar surface area (TPSA) is 52.9 Å². The minimum absolute atomic E-state index is 0.224. The molecule has 18 heavy (non-hydrogen) atoms. The molecule has 1 N–H and O–H groups in total. The van der Waals surface area contributed by atoms with Gasteiger partial charge in [0.1, 0.15) is 5.92 Å². The lowest BCUT2D eigenvalue weighted by molar-refractivity contribution is -0.123. The van der Waals surface area contributed by atoms with Crippen molar-refractivity contribution in [2.45, 2.75) is 19.3 Å². The quantitative estimate of drug-likeness (QED) is 0.610. The van der Waals surface area contributed by atoms with E-state index in [0.29, 0.717) is 19.4 Å². The summed E-state index contributed by atoms with van der Waals surface area (Å²) >= 11 is 0. The van der Waals surface area contributed by atoms with Gasteiger partial charge in [-0.3, -0.25) is 4.79 Å². The standard InChI is InChI=1S/C15H16N2O/c1-2-3-7-10-17-15(18)14(12-16)11-13-8-5-4-6-9-13/h1,4-6,8-9,14H,3,7,10-11H2,(H,17,18). The molecule has 3 heteroatoms. The highest BCUT2D eigenvalue weighted by atomic mass is 16.1. The van der Waals surface area contributed by atoms with E-state index in [0.717, 1.165) is 12.0 Å². The number of hydrogen-bond donors (Lipinski definition) is 1. The number of unbranched alkanes of at least 4 members (excludes halogenated alkanes) is 1. The zero-order chi connectivity index (χ0) is 13.2. The van der Waals surface area contributed by atoms with Crippen LogP contribution in [0.15, 0.2) is 30.3 Å². The zero-order valence-corrected chi connectivity index (χ0v) is 10.2. The van der Waals surface area contributed by atoms with E-state index in [2.05, 4.69) is 11.2 Å². The first-order chi connectivity index (χ1) is 8.77. The van der Waals surface area contributed by atoms with E-state index in [9.17, 15) is 4.79 Å². The van der Waals surface area contributed by atoms with Crippen LogP contribution in [0.25, 0.3) is 0 Å². The van der Waals surface area contributed by atoms with E-state index in [-0.39, 0.29) is 5.91 Å². The molecule has 0 bridgehead atoms. The van der Waals surface area contributed by atoms with Crippen LogP contribution in [0, 0.1) is 29.6 Å². The molecular weight excluding hydrogens is 224 g/mol. The van der Waals surface area contributed by atoms with Crippen LogP contribution in [0.1, 0.15) is 18.4 Å². The predicted octanol–water partition coefficient (Wildman–Crippen LogP) is 1.90. The number of carbonyl (C=O) groups excluding carboxylic acids is 1. The summed E-state index contributed by atoms with van der Waals surface area (Å²) < 4.78 is 0. The maximum absolute atomic E-state index is 11.8. The smallest absolute Gasteiger partial charge is 0.237 e. The average Bonchev–Trinajstić information content (AvgIpc) is 2.42. The molecule has 0 radical (unpaired) electrons. The van der Waals surface area contributed by atoms with Gasteiger partial charge in [-0.1, -0.05) is 30.3 Å². The number of nitriles is 1. The maximum atomic E-state index is 11.8. The molecule has 1 unspecified atom stereocenters. The molecule has 0 spiro atoms. The minimum Gasteiger partial charge on any atom is -0.355 e. The van der Waals surface area contributed by atoms with E-state index in [4.69, 9.17) is 11.7 Å². The molecule has 1 amide bonds. The number of hydrogen-bond acceptors (Lipinski definition) is 2. The summed E-state index contributed by atoms with van der Waals surface area (Å²) in [4.78, 5) is 11.8. The zero-order valence-electron chi connectivity index (χ0n) is 10.2. The lowest BCUT2D eigenvalue weighted by Crippen LogP contribution is -2.31. The van der Waals surface area contributed by atoms with Gasteiger partial charge in [-0.25, -0.2) is 0 Å². The van der Waals surface area contributed by atoms with E-state index in [1.165, 1.54) is 0 Å². The molecule has 0 saturated heterocycles. The van der Waals surface area contributed by atoms with Gasteiger partial charge in [0.2, 0.25) is 5.91 Å². The lowest BCUT2D eigenvalue weighted by atomic mass is 10.00. The highest BCUT2D eigenvalue weighted by molar-refractivity contribution is 5.81. The monoisotopic (exact) mass is 240 g/mol. The molecule has 1 atom stereocenters. The minimum atomic E-state index is -0.641. The Kier molecular flexibility index (Phi) is 6.08. The molecule has 0 saturated carbocycles. The van der Waals surface area contributed by atoms with Gasteiger partial charge in [0.05, 0.1) is 6.07 Å². The van der Waals surface area contributed by atoms with E-state index in [1.54, 1.807) is 0 Å². The molecular formula is C15H16N2O. The number of amides is 1. The normalized spacial score (nSPS) is 11.0. The molecule has 0 aliphatic rings. The summed E-state index contributed by atoms with van der Waals surface area (Å²) in [6.07, 6.45) is 6.94. The molecule has 1 aromatic carbocycles. The second-order valence-corrected chi connectivity index (χ2v) is 3.97. The van der Waals surface area contributed by atoms with Gasteiger partial charge < -0.3 is 5.32 Å². The maximum Gasteiger partial charge on any atom is 0.237 e. The van der Waals surface area contributed by atoms with Crippen LogP contribution in [0.5, 0.6) is 0 Å². The van der Waals surface area contributed by atoms with Gasteiger partial charge in [-0.05, 0) is 18.4 Å². The Hall–Kier alpha value is -2.26. The van der Waals surface area contributed by atoms with Crippen molar-refractivity contribution in [2.24, 2.45) is 5.92 Å². The van der Waals surface area contributed by atoms with Gasteiger partial charge in [-0.15, -0.1) is 12.3 Å². The van der Waals surface area contributed by atoms with Crippen molar-refractivity contribution >= 4 is 5.91 Å². The average molecular weight is 240 g/mol. The largest absolute Gasteiger partial charge is 0.355 e. The van der Waals surface area contributed by atoms with E-state index in [1.807, 2.05) is 36.4 Å². The molecule has 0 aliphatic heterocycles. The predicted molar refractivity (Wildman–Crippen MR) is 70.3 cm³/mol. The van der Waals surface area contributed by atoms with Crippen molar-refractivity contribution in [2.75, 3.05) is 6.54 Å². The van der Waals surface area contributed by atoms with Gasteiger partial charge in [0, 0.05) is 13.0 Å². The van der Waals surface area contributed by atoms with Crippen LogP contribution < -0.4 is 5.32 Å². The highest BCUT2D eigenvalue weighted by Gasteiger charge is 2.17. The van der Waals surface area contributed by atoms with Crippen molar-refractivity contribution in [3.8, 4) is 18.4 Å². The Morgan fingerprint density at radius 3 is 2.72 bits per heavy atom. The Balaban J connectivity index is 2.44. The van der Waals surface area contributed by atoms with Crippen molar-refractivity contribution in [1.29, 1.82) is 5.26 Å². The van der Waals surface area contributed by atoms with E-state index < -0.39 is 5.92 Å². The molecule has 92 valence electrons. The first-order valence-corrected chi connectivity index (χ1v) is 5.92. The van der Waals surface area contributed by atoms with Crippen LogP contribution in [-0.2, 0) is 11.2 Å². The van der Waals surface area contributed by atoms with Crippen molar-refractivity contribution in [3.63, 3.8) is 0 Å². The van der Waals surface area contributed by atoms with Crippen LogP contribution >= 0.6 is 0 Å². The first-order valence-electron chi connectivity index (χ1n) is 5.92. The highest BCUT2D eigenvalue weighted by Crippen LogP contribution is 2.08. The third kappa shape index (κ3) is 4.72. The number of benzene rings is 1. The number of nitrogens with one attached hydrogen (secondary N) is 1. The fourth-order valence-corrected chi connectivity index (χ4v) is 1.57. The van der Waals surface area contributed by atoms with Crippen LogP contribution in [0.2, 0.25) is 0 Å². The van der Waals surface area contributed by atoms with Crippen LogP contribution in [0.3, 0.4) is 0 Å². The Morgan fingerprint density at radius 2 is 2.11 bits per heavy atom. The van der Waals surface area contributed by atoms with E-state index >= 15 is 0 Å². The summed E-state index contributed by atoms with van der Waals surface area (Å²) in [5.74, 6) is 1.64. The van der Waals surface area contributed by atoms with Crippen LogP contribution in [-0.4, -0.2) is 12.5 Å². The number of terminal acetylenes is 1. The summed E-state index contributed by atoms with van der Waals surface area (Å²) in [6, 6.07) is 11.6. The molecule has 0 heterocycles. The molecule has 0 aliphatic carbocycles. The Morgan fingerprint density at radius 1 is 1.39 bits per heavy atom. The van der Waals surface area contributed by atoms with Gasteiger partial charge in [0.25, 0.3) is 0 Å². The van der Waals surface area contributed by atoms with Crippen LogP contribution in [0.4, 0.5) is 0 Å². The molecule has 3 nitrogen and oxygen atoms in total. The summed E-state index contributed by atoms with van der Waals surface area (Å²) in [7, 11) is 0. The van der Waals surface area contributed by atoms with Crippen molar-refractivity contribution < 1.29 is 4.79 Å².